The predicted molar refractivity (Wildman–Crippen MR) is 112 cm³/mol. The topological polar surface area (TPSA) is 114 Å². The van der Waals surface area contributed by atoms with Crippen LogP contribution in [0.15, 0.2) is 66.7 Å². The summed E-state index contributed by atoms with van der Waals surface area (Å²) in [5.74, 6) is -2.29. The number of aromatic nitrogens is 1. The van der Waals surface area contributed by atoms with Crippen molar-refractivity contribution in [3.05, 3.63) is 94.2 Å². The van der Waals surface area contributed by atoms with Crippen LogP contribution in [0.1, 0.15) is 10.5 Å². The lowest BCUT2D eigenvalue weighted by Gasteiger charge is -2.09. The average Bonchev–Trinajstić information content (AvgIpc) is 3.13. The fourth-order valence-corrected chi connectivity index (χ4v) is 3.36. The highest BCUT2D eigenvalue weighted by molar-refractivity contribution is 6.09. The van der Waals surface area contributed by atoms with Crippen LogP contribution in [0.4, 0.5) is 25.0 Å². The SMILES string of the molecule is O=C(Nc1cccc(-c2ccc(F)cc2F)c1)c1cc2ccc([N+](=O)[O-])cc2n1C(=O)O. The molecule has 160 valence electrons. The van der Waals surface area contributed by atoms with E-state index in [1.165, 1.54) is 36.4 Å². The Labute approximate surface area is 178 Å². The van der Waals surface area contributed by atoms with Crippen molar-refractivity contribution in [2.75, 3.05) is 5.32 Å². The maximum Gasteiger partial charge on any atom is 0.416 e. The van der Waals surface area contributed by atoms with Crippen molar-refractivity contribution in [2.24, 2.45) is 0 Å². The number of carbonyl (C=O) groups excluding carboxylic acids is 1. The first-order chi connectivity index (χ1) is 15.2. The molecule has 3 aromatic carbocycles. The third kappa shape index (κ3) is 3.76. The number of fused-ring (bicyclic) bond motifs is 1. The molecular weight excluding hydrogens is 424 g/mol. The number of nitrogens with one attached hydrogen (secondary N) is 1. The zero-order chi connectivity index (χ0) is 23.0. The van der Waals surface area contributed by atoms with Crippen LogP contribution < -0.4 is 5.32 Å². The highest BCUT2D eigenvalue weighted by atomic mass is 19.1. The molecule has 32 heavy (non-hydrogen) atoms. The van der Waals surface area contributed by atoms with E-state index in [1.807, 2.05) is 0 Å². The van der Waals surface area contributed by atoms with Crippen molar-refractivity contribution < 1.29 is 28.4 Å². The van der Waals surface area contributed by atoms with Gasteiger partial charge in [-0.15, -0.1) is 0 Å². The van der Waals surface area contributed by atoms with Crippen LogP contribution in [0.2, 0.25) is 0 Å². The number of nitro groups is 1. The first-order valence-corrected chi connectivity index (χ1v) is 9.14. The number of anilines is 1. The van der Waals surface area contributed by atoms with Gasteiger partial charge in [0.15, 0.2) is 0 Å². The lowest BCUT2D eigenvalue weighted by atomic mass is 10.0. The number of benzene rings is 3. The van der Waals surface area contributed by atoms with Crippen molar-refractivity contribution in [2.45, 2.75) is 0 Å². The van der Waals surface area contributed by atoms with Gasteiger partial charge in [0, 0.05) is 34.8 Å². The van der Waals surface area contributed by atoms with Gasteiger partial charge in [0.2, 0.25) is 0 Å². The van der Waals surface area contributed by atoms with Crippen LogP contribution in [0.3, 0.4) is 0 Å². The number of amides is 1. The number of non-ortho nitro benzene ring substituents is 1. The molecule has 2 N–H and O–H groups in total. The quantitative estimate of drug-likeness (QED) is 0.333. The Kier molecular flexibility index (Phi) is 5.11. The molecule has 1 amide bonds. The molecule has 0 aliphatic carbocycles. The summed E-state index contributed by atoms with van der Waals surface area (Å²) in [6.07, 6.45) is -1.49. The Morgan fingerprint density at radius 3 is 2.47 bits per heavy atom. The Morgan fingerprint density at radius 1 is 1.00 bits per heavy atom. The first-order valence-electron chi connectivity index (χ1n) is 9.14. The molecule has 4 aromatic rings. The highest BCUT2D eigenvalue weighted by Gasteiger charge is 2.22. The number of nitrogens with zero attached hydrogens (tertiary/aromatic N) is 2. The van der Waals surface area contributed by atoms with Crippen LogP contribution in [-0.2, 0) is 0 Å². The maximum atomic E-state index is 14.1. The van der Waals surface area contributed by atoms with Crippen LogP contribution in [0.5, 0.6) is 0 Å². The summed E-state index contributed by atoms with van der Waals surface area (Å²) in [4.78, 5) is 35.0. The summed E-state index contributed by atoms with van der Waals surface area (Å²) < 4.78 is 27.9. The standard InChI is InChI=1S/C22H13F2N3O5/c23-14-5-7-17(18(24)10-14)12-2-1-3-15(8-12)25-21(28)20-9-13-4-6-16(27(31)32)11-19(13)26(20)22(29)30/h1-11H,(H,25,28)(H,29,30). The van der Waals surface area contributed by atoms with Gasteiger partial charge in [0.05, 0.1) is 10.4 Å². The molecular formula is C22H13F2N3O5. The molecule has 0 atom stereocenters. The van der Waals surface area contributed by atoms with E-state index in [-0.39, 0.29) is 28.1 Å². The summed E-state index contributed by atoms with van der Waals surface area (Å²) in [5.41, 5.74) is 0.137. The molecule has 10 heteroatoms. The third-order valence-corrected chi connectivity index (χ3v) is 4.79. The zero-order valence-corrected chi connectivity index (χ0v) is 16.1. The van der Waals surface area contributed by atoms with Gasteiger partial charge in [-0.25, -0.2) is 18.1 Å². The molecule has 0 radical (unpaired) electrons. The van der Waals surface area contributed by atoms with Gasteiger partial charge < -0.3 is 10.4 Å². The molecule has 0 spiro atoms. The van der Waals surface area contributed by atoms with E-state index in [9.17, 15) is 33.6 Å². The smallest absolute Gasteiger partial charge is 0.416 e. The number of rotatable bonds is 4. The number of carboxylic acid groups (broad SMARTS) is 1. The molecule has 8 nitrogen and oxygen atoms in total. The van der Waals surface area contributed by atoms with E-state index < -0.39 is 28.6 Å². The van der Waals surface area contributed by atoms with Gasteiger partial charge in [-0.3, -0.25) is 14.9 Å². The molecule has 0 fully saturated rings. The normalized spacial score (nSPS) is 10.8. The molecule has 0 unspecified atom stereocenters. The van der Waals surface area contributed by atoms with Gasteiger partial charge >= 0.3 is 6.09 Å². The fraction of sp³-hybridized carbons (Fsp3) is 0. The second-order valence-corrected chi connectivity index (χ2v) is 6.81. The minimum Gasteiger partial charge on any atom is -0.464 e. The fourth-order valence-electron chi connectivity index (χ4n) is 3.36. The Hall–Kier alpha value is -4.60. The Balaban J connectivity index is 1.71. The van der Waals surface area contributed by atoms with Crippen molar-refractivity contribution in [3.63, 3.8) is 0 Å². The first kappa shape index (κ1) is 20.7. The summed E-state index contributed by atoms with van der Waals surface area (Å²) >= 11 is 0. The zero-order valence-electron chi connectivity index (χ0n) is 16.1. The van der Waals surface area contributed by atoms with E-state index in [4.69, 9.17) is 0 Å². The molecule has 1 aromatic heterocycles. The molecule has 0 bridgehead atoms. The molecule has 0 aliphatic rings. The number of hydrogen-bond donors (Lipinski definition) is 2. The number of carbonyl (C=O) groups is 2. The van der Waals surface area contributed by atoms with Gasteiger partial charge in [-0.05, 0) is 42.0 Å². The lowest BCUT2D eigenvalue weighted by Crippen LogP contribution is -2.20. The summed E-state index contributed by atoms with van der Waals surface area (Å²) in [6.45, 7) is 0. The molecule has 0 saturated heterocycles. The summed E-state index contributed by atoms with van der Waals surface area (Å²) in [7, 11) is 0. The van der Waals surface area contributed by atoms with Crippen LogP contribution in [-0.4, -0.2) is 26.6 Å². The average molecular weight is 437 g/mol. The second-order valence-electron chi connectivity index (χ2n) is 6.81. The van der Waals surface area contributed by atoms with Crippen molar-refractivity contribution in [1.29, 1.82) is 0 Å². The largest absolute Gasteiger partial charge is 0.464 e. The Bertz CT molecular complexity index is 1410. The van der Waals surface area contributed by atoms with Gasteiger partial charge in [-0.2, -0.15) is 0 Å². The molecule has 0 saturated carbocycles. The number of halogens is 2. The summed E-state index contributed by atoms with van der Waals surface area (Å²) in [5, 5.41) is 23.5. The van der Waals surface area contributed by atoms with Crippen LogP contribution >= 0.6 is 0 Å². The van der Waals surface area contributed by atoms with Crippen molar-refractivity contribution in [1.82, 2.24) is 4.57 Å². The van der Waals surface area contributed by atoms with E-state index >= 15 is 0 Å². The predicted octanol–water partition coefficient (Wildman–Crippen LogP) is 5.27. The van der Waals surface area contributed by atoms with E-state index in [1.54, 1.807) is 12.1 Å². The van der Waals surface area contributed by atoms with E-state index in [0.717, 1.165) is 18.2 Å². The number of nitro benzene ring substituents is 1. The monoisotopic (exact) mass is 437 g/mol. The lowest BCUT2D eigenvalue weighted by molar-refractivity contribution is -0.384. The van der Waals surface area contributed by atoms with E-state index in [0.29, 0.717) is 15.5 Å². The van der Waals surface area contributed by atoms with Crippen LogP contribution in [0, 0.1) is 21.7 Å². The minimum absolute atomic E-state index is 0.0148. The molecule has 4 rings (SSSR count). The Morgan fingerprint density at radius 2 is 1.78 bits per heavy atom. The van der Waals surface area contributed by atoms with Crippen LogP contribution in [0.25, 0.3) is 22.0 Å². The minimum atomic E-state index is -1.49. The third-order valence-electron chi connectivity index (χ3n) is 4.79. The maximum absolute atomic E-state index is 14.1. The van der Waals surface area contributed by atoms with E-state index in [2.05, 4.69) is 5.32 Å². The van der Waals surface area contributed by atoms with Crippen molar-refractivity contribution in [3.8, 4) is 11.1 Å². The van der Waals surface area contributed by atoms with Gasteiger partial charge in [0.1, 0.15) is 17.3 Å². The number of hydrogen-bond acceptors (Lipinski definition) is 4. The van der Waals surface area contributed by atoms with Gasteiger partial charge in [-0.1, -0.05) is 12.1 Å². The highest BCUT2D eigenvalue weighted by Crippen LogP contribution is 2.28. The van der Waals surface area contributed by atoms with Crippen molar-refractivity contribution >= 4 is 34.3 Å². The van der Waals surface area contributed by atoms with Gasteiger partial charge in [0.25, 0.3) is 11.6 Å². The summed E-state index contributed by atoms with van der Waals surface area (Å²) in [6, 6.07) is 14.1. The molecule has 0 aliphatic heterocycles. The second kappa shape index (κ2) is 7.91. The molecule has 1 heterocycles.